The summed E-state index contributed by atoms with van der Waals surface area (Å²) in [6, 6.07) is 6.07. The number of para-hydroxylation sites is 1. The van der Waals surface area contributed by atoms with Crippen LogP contribution in [0.2, 0.25) is 0 Å². The van der Waals surface area contributed by atoms with Gasteiger partial charge in [0.2, 0.25) is 5.91 Å². The van der Waals surface area contributed by atoms with Crippen molar-refractivity contribution in [2.45, 2.75) is 20.8 Å². The van der Waals surface area contributed by atoms with E-state index >= 15 is 0 Å². The molecule has 2 rings (SSSR count). The SMILES string of the molecule is Cc1cccc(C)c1NC(=O)[C@@H]1CNC[C@H]1C. The monoisotopic (exact) mass is 232 g/mol. The van der Waals surface area contributed by atoms with Crippen molar-refractivity contribution in [1.82, 2.24) is 5.32 Å². The molecular formula is C14H20N2O. The maximum absolute atomic E-state index is 12.2. The number of aryl methyl sites for hydroxylation is 2. The predicted molar refractivity (Wildman–Crippen MR) is 70.1 cm³/mol. The number of nitrogens with one attached hydrogen (secondary N) is 2. The highest BCUT2D eigenvalue weighted by Crippen LogP contribution is 2.23. The van der Waals surface area contributed by atoms with Gasteiger partial charge in [-0.2, -0.15) is 0 Å². The van der Waals surface area contributed by atoms with Gasteiger partial charge in [-0.05, 0) is 37.4 Å². The first kappa shape index (κ1) is 12.1. The third kappa shape index (κ3) is 2.50. The Morgan fingerprint density at radius 3 is 2.47 bits per heavy atom. The van der Waals surface area contributed by atoms with Gasteiger partial charge in [0, 0.05) is 12.2 Å². The van der Waals surface area contributed by atoms with E-state index in [2.05, 4.69) is 17.6 Å². The highest BCUT2D eigenvalue weighted by Gasteiger charge is 2.29. The van der Waals surface area contributed by atoms with Gasteiger partial charge in [0.05, 0.1) is 5.92 Å². The second-order valence-corrected chi connectivity index (χ2v) is 5.00. The summed E-state index contributed by atoms with van der Waals surface area (Å²) in [4.78, 5) is 12.2. The average Bonchev–Trinajstić information content (AvgIpc) is 2.70. The summed E-state index contributed by atoms with van der Waals surface area (Å²) in [7, 11) is 0. The van der Waals surface area contributed by atoms with Crippen LogP contribution in [0, 0.1) is 25.7 Å². The number of carbonyl (C=O) groups excluding carboxylic acids is 1. The molecule has 1 aliphatic rings. The minimum absolute atomic E-state index is 0.0917. The molecular weight excluding hydrogens is 212 g/mol. The average molecular weight is 232 g/mol. The number of rotatable bonds is 2. The van der Waals surface area contributed by atoms with E-state index in [-0.39, 0.29) is 11.8 Å². The van der Waals surface area contributed by atoms with Crippen LogP contribution >= 0.6 is 0 Å². The number of carbonyl (C=O) groups is 1. The molecule has 0 spiro atoms. The normalized spacial score (nSPS) is 23.7. The van der Waals surface area contributed by atoms with Crippen LogP contribution < -0.4 is 10.6 Å². The molecule has 3 nitrogen and oxygen atoms in total. The number of hydrogen-bond donors (Lipinski definition) is 2. The fraction of sp³-hybridized carbons (Fsp3) is 0.500. The first-order valence-corrected chi connectivity index (χ1v) is 6.17. The van der Waals surface area contributed by atoms with Crippen molar-refractivity contribution in [2.75, 3.05) is 18.4 Å². The summed E-state index contributed by atoms with van der Waals surface area (Å²) in [5, 5.41) is 6.33. The molecule has 17 heavy (non-hydrogen) atoms. The van der Waals surface area contributed by atoms with E-state index in [1.807, 2.05) is 32.0 Å². The summed E-state index contributed by atoms with van der Waals surface area (Å²) in [6.45, 7) is 7.90. The Hall–Kier alpha value is -1.35. The van der Waals surface area contributed by atoms with Crippen LogP contribution in [0.25, 0.3) is 0 Å². The number of benzene rings is 1. The lowest BCUT2D eigenvalue weighted by molar-refractivity contribution is -0.120. The molecule has 1 aromatic carbocycles. The van der Waals surface area contributed by atoms with Crippen molar-refractivity contribution < 1.29 is 4.79 Å². The molecule has 0 saturated carbocycles. The van der Waals surface area contributed by atoms with Gasteiger partial charge in [0.25, 0.3) is 0 Å². The quantitative estimate of drug-likeness (QED) is 0.820. The molecule has 0 bridgehead atoms. The number of hydrogen-bond acceptors (Lipinski definition) is 2. The zero-order valence-electron chi connectivity index (χ0n) is 10.7. The van der Waals surface area contributed by atoms with Gasteiger partial charge in [-0.25, -0.2) is 0 Å². The van der Waals surface area contributed by atoms with Crippen LogP contribution in [0.15, 0.2) is 18.2 Å². The molecule has 92 valence electrons. The van der Waals surface area contributed by atoms with E-state index in [4.69, 9.17) is 0 Å². The first-order valence-electron chi connectivity index (χ1n) is 6.17. The molecule has 0 unspecified atom stereocenters. The molecule has 1 aliphatic heterocycles. The van der Waals surface area contributed by atoms with Crippen LogP contribution in [0.4, 0.5) is 5.69 Å². The minimum atomic E-state index is 0.0917. The molecule has 2 atom stereocenters. The van der Waals surface area contributed by atoms with E-state index in [9.17, 15) is 4.79 Å². The van der Waals surface area contributed by atoms with Gasteiger partial charge in [0.15, 0.2) is 0 Å². The summed E-state index contributed by atoms with van der Waals surface area (Å²) >= 11 is 0. The second kappa shape index (κ2) is 4.88. The van der Waals surface area contributed by atoms with E-state index in [0.29, 0.717) is 5.92 Å². The Labute approximate surface area is 103 Å². The number of anilines is 1. The smallest absolute Gasteiger partial charge is 0.229 e. The Bertz CT molecular complexity index is 408. The summed E-state index contributed by atoms with van der Waals surface area (Å²) in [6.07, 6.45) is 0. The largest absolute Gasteiger partial charge is 0.325 e. The van der Waals surface area contributed by atoms with Crippen LogP contribution in [0.3, 0.4) is 0 Å². The van der Waals surface area contributed by atoms with Crippen molar-refractivity contribution in [1.29, 1.82) is 0 Å². The lowest BCUT2D eigenvalue weighted by atomic mass is 9.97. The molecule has 1 aromatic rings. The van der Waals surface area contributed by atoms with Gasteiger partial charge in [-0.15, -0.1) is 0 Å². The second-order valence-electron chi connectivity index (χ2n) is 5.00. The highest BCUT2D eigenvalue weighted by atomic mass is 16.1. The van der Waals surface area contributed by atoms with E-state index in [1.165, 1.54) is 0 Å². The Morgan fingerprint density at radius 2 is 1.94 bits per heavy atom. The summed E-state index contributed by atoms with van der Waals surface area (Å²) in [5.41, 5.74) is 3.21. The predicted octanol–water partition coefficient (Wildman–Crippen LogP) is 2.10. The lowest BCUT2D eigenvalue weighted by Gasteiger charge is -2.17. The number of amides is 1. The van der Waals surface area contributed by atoms with Crippen LogP contribution in [0.1, 0.15) is 18.1 Å². The molecule has 0 aliphatic carbocycles. The molecule has 2 N–H and O–H groups in total. The molecule has 0 radical (unpaired) electrons. The van der Waals surface area contributed by atoms with Crippen molar-refractivity contribution in [3.63, 3.8) is 0 Å². The third-order valence-corrected chi connectivity index (χ3v) is 3.58. The molecule has 1 heterocycles. The van der Waals surface area contributed by atoms with E-state index in [0.717, 1.165) is 29.9 Å². The maximum Gasteiger partial charge on any atom is 0.229 e. The van der Waals surface area contributed by atoms with Gasteiger partial charge >= 0.3 is 0 Å². The summed E-state index contributed by atoms with van der Waals surface area (Å²) < 4.78 is 0. The fourth-order valence-electron chi connectivity index (χ4n) is 2.39. The zero-order chi connectivity index (χ0) is 12.4. The zero-order valence-corrected chi connectivity index (χ0v) is 10.7. The molecule has 3 heteroatoms. The molecule has 1 saturated heterocycles. The Morgan fingerprint density at radius 1 is 1.29 bits per heavy atom. The molecule has 1 fully saturated rings. The Kier molecular flexibility index (Phi) is 3.48. The van der Waals surface area contributed by atoms with Gasteiger partial charge < -0.3 is 10.6 Å². The van der Waals surface area contributed by atoms with Crippen molar-refractivity contribution >= 4 is 11.6 Å². The molecule has 1 amide bonds. The van der Waals surface area contributed by atoms with Gasteiger partial charge in [-0.3, -0.25) is 4.79 Å². The lowest BCUT2D eigenvalue weighted by Crippen LogP contribution is -2.28. The van der Waals surface area contributed by atoms with Crippen molar-refractivity contribution in [3.8, 4) is 0 Å². The van der Waals surface area contributed by atoms with E-state index < -0.39 is 0 Å². The van der Waals surface area contributed by atoms with Gasteiger partial charge in [-0.1, -0.05) is 25.1 Å². The van der Waals surface area contributed by atoms with Crippen molar-refractivity contribution in [3.05, 3.63) is 29.3 Å². The first-order chi connectivity index (χ1) is 8.09. The summed E-state index contributed by atoms with van der Waals surface area (Å²) in [5.74, 6) is 0.647. The van der Waals surface area contributed by atoms with E-state index in [1.54, 1.807) is 0 Å². The highest BCUT2D eigenvalue weighted by molar-refractivity contribution is 5.94. The van der Waals surface area contributed by atoms with Crippen LogP contribution in [-0.4, -0.2) is 19.0 Å². The van der Waals surface area contributed by atoms with Crippen molar-refractivity contribution in [2.24, 2.45) is 11.8 Å². The maximum atomic E-state index is 12.2. The van der Waals surface area contributed by atoms with Gasteiger partial charge in [0.1, 0.15) is 0 Å². The minimum Gasteiger partial charge on any atom is -0.325 e. The molecule has 0 aromatic heterocycles. The van der Waals surface area contributed by atoms with Crippen LogP contribution in [0.5, 0.6) is 0 Å². The third-order valence-electron chi connectivity index (χ3n) is 3.58. The topological polar surface area (TPSA) is 41.1 Å². The fourth-order valence-corrected chi connectivity index (χ4v) is 2.39. The Balaban J connectivity index is 2.13. The standard InChI is InChI=1S/C14H20N2O/c1-9-5-4-6-10(2)13(9)16-14(17)12-8-15-7-11(12)3/h4-6,11-12,15H,7-8H2,1-3H3,(H,16,17)/t11-,12-/m1/s1. The van der Waals surface area contributed by atoms with Crippen LogP contribution in [-0.2, 0) is 4.79 Å².